The summed E-state index contributed by atoms with van der Waals surface area (Å²) < 4.78 is 13.7. The van der Waals surface area contributed by atoms with Crippen LogP contribution in [0.4, 0.5) is 10.1 Å². The Kier molecular flexibility index (Phi) is 11.6. The van der Waals surface area contributed by atoms with Gasteiger partial charge in [-0.25, -0.2) is 9.18 Å². The number of dihydropyridines is 1. The van der Waals surface area contributed by atoms with E-state index < -0.39 is 11.8 Å². The molecule has 2 aromatic rings. The van der Waals surface area contributed by atoms with Crippen molar-refractivity contribution < 1.29 is 65.7 Å². The number of hydrogen-bond donors (Lipinski definition) is 3. The fraction of sp³-hybridized carbons (Fsp3) is 0.308. The predicted octanol–water partition coefficient (Wildman–Crippen LogP) is 3.39. The van der Waals surface area contributed by atoms with E-state index in [1.165, 1.54) is 38.2 Å². The first-order valence-corrected chi connectivity index (χ1v) is 11.3. The molecule has 7 heteroatoms. The van der Waals surface area contributed by atoms with Gasteiger partial charge in [0.2, 0.25) is 0 Å². The summed E-state index contributed by atoms with van der Waals surface area (Å²) in [4.78, 5) is 11.8. The molecule has 0 unspecified atom stereocenters. The molecule has 0 saturated heterocycles. The maximum absolute atomic E-state index is 13.7. The summed E-state index contributed by atoms with van der Waals surface area (Å²) in [6.07, 6.45) is 13.1. The van der Waals surface area contributed by atoms with E-state index in [9.17, 15) is 14.3 Å². The number of carbonyl (C=O) groups is 1. The van der Waals surface area contributed by atoms with Crippen LogP contribution in [-0.4, -0.2) is 17.6 Å². The fourth-order valence-corrected chi connectivity index (χ4v) is 4.28. The minimum Gasteiger partial charge on any atom is -0.778 e. The Hall–Kier alpha value is -1.22. The monoisotopic (exact) mass is 491 g/mol. The molecule has 3 N–H and O–H groups in total. The van der Waals surface area contributed by atoms with Crippen molar-refractivity contribution in [2.45, 2.75) is 43.9 Å². The Labute approximate surface area is 244 Å². The zero-order valence-corrected chi connectivity index (χ0v) is 23.2. The normalized spacial score (nSPS) is 15.3. The van der Waals surface area contributed by atoms with Gasteiger partial charge in [-0.15, -0.1) is 0 Å². The van der Waals surface area contributed by atoms with Crippen LogP contribution in [0.25, 0.3) is 16.7 Å². The zero-order valence-electron chi connectivity index (χ0n) is 19.3. The van der Waals surface area contributed by atoms with E-state index in [-0.39, 0.29) is 56.9 Å². The quantitative estimate of drug-likeness (QED) is 0.348. The number of halogens is 1. The second-order valence-electron chi connectivity index (χ2n) is 8.25. The van der Waals surface area contributed by atoms with Crippen LogP contribution in [0.2, 0.25) is 0 Å². The first kappa shape index (κ1) is 28.0. The third-order valence-corrected chi connectivity index (χ3v) is 6.20. The van der Waals surface area contributed by atoms with Gasteiger partial charge in [-0.1, -0.05) is 57.2 Å². The molecule has 1 saturated carbocycles. The molecule has 2 aliphatic rings. The van der Waals surface area contributed by atoms with Gasteiger partial charge in [0.25, 0.3) is 0 Å². The van der Waals surface area contributed by atoms with Crippen LogP contribution >= 0.6 is 0 Å². The molecule has 33 heavy (non-hydrogen) atoms. The van der Waals surface area contributed by atoms with E-state index >= 15 is 0 Å². The molecule has 4 nitrogen and oxygen atoms in total. The van der Waals surface area contributed by atoms with Crippen molar-refractivity contribution in [1.82, 2.24) is 5.32 Å². The Morgan fingerprint density at radius 2 is 1.91 bits per heavy atom. The first-order chi connectivity index (χ1) is 15.4. The SMILES string of the molecule is CC1CCCCC1.[CH2-]Nc1cc(C2=CC=CNC2)c(-c2ccc(F)c(C(=O)O)c2)cc1[S-].[K+]. The van der Waals surface area contributed by atoms with Gasteiger partial charge in [-0.05, 0) is 64.3 Å². The van der Waals surface area contributed by atoms with Crippen LogP contribution in [-0.2, 0) is 12.6 Å². The molecule has 1 fully saturated rings. The second-order valence-corrected chi connectivity index (χ2v) is 8.69. The number of nitrogens with one attached hydrogen (secondary N) is 2. The third kappa shape index (κ3) is 7.63. The van der Waals surface area contributed by atoms with Gasteiger partial charge in [0, 0.05) is 6.54 Å². The average molecular weight is 492 g/mol. The van der Waals surface area contributed by atoms with E-state index in [1.807, 2.05) is 24.4 Å². The fourth-order valence-electron chi connectivity index (χ4n) is 4.03. The van der Waals surface area contributed by atoms with Gasteiger partial charge in [0.05, 0.1) is 5.56 Å². The number of carboxylic acid groups (broad SMARTS) is 1. The number of anilines is 1. The molecule has 170 valence electrons. The topological polar surface area (TPSA) is 61.4 Å². The minimum absolute atomic E-state index is 0. The summed E-state index contributed by atoms with van der Waals surface area (Å²) in [5, 5.41) is 15.1. The molecule has 1 aliphatic carbocycles. The number of hydrogen-bond acceptors (Lipinski definition) is 4. The minimum atomic E-state index is -1.31. The Bertz CT molecular complexity index is 1030. The number of allylic oxidation sites excluding steroid dienone is 2. The number of carboxylic acids is 1. The standard InChI is InChI=1S/C19H16FN2O2S.C7H14.K/c1-21-17-8-13(12-3-2-6-22-10-12)14(9-18(17)25)11-4-5-16(20)15(7-11)19(23)24;1-7-5-3-2-4-6-7;/h2-9,21-22,25H,1,10H2,(H,23,24);7H,2-6H2,1H3;/q-1;;+1/p-1. The molecule has 1 aliphatic heterocycles. The number of benzene rings is 2. The Balaban J connectivity index is 0.000000413. The molecule has 0 aromatic heterocycles. The van der Waals surface area contributed by atoms with E-state index in [0.717, 1.165) is 28.7 Å². The Morgan fingerprint density at radius 1 is 1.18 bits per heavy atom. The van der Waals surface area contributed by atoms with Crippen molar-refractivity contribution in [3.8, 4) is 11.1 Å². The van der Waals surface area contributed by atoms with E-state index in [4.69, 9.17) is 12.6 Å². The van der Waals surface area contributed by atoms with Crippen molar-refractivity contribution >= 4 is 29.9 Å². The molecule has 1 heterocycles. The summed E-state index contributed by atoms with van der Waals surface area (Å²) in [5.41, 5.74) is 3.54. The van der Waals surface area contributed by atoms with Crippen LogP contribution in [0.3, 0.4) is 0 Å². The maximum atomic E-state index is 13.7. The zero-order chi connectivity index (χ0) is 23.1. The molecule has 0 spiro atoms. The molecule has 0 radical (unpaired) electrons. The first-order valence-electron chi connectivity index (χ1n) is 10.9. The van der Waals surface area contributed by atoms with Gasteiger partial charge >= 0.3 is 57.4 Å². The summed E-state index contributed by atoms with van der Waals surface area (Å²) in [7, 11) is 3.66. The molecule has 0 atom stereocenters. The largest absolute Gasteiger partial charge is 1.00 e. The summed E-state index contributed by atoms with van der Waals surface area (Å²) in [6, 6.07) is 7.69. The van der Waals surface area contributed by atoms with Gasteiger partial charge in [-0.2, -0.15) is 4.90 Å². The Morgan fingerprint density at radius 3 is 2.45 bits per heavy atom. The molecular weight excluding hydrogens is 462 g/mol. The molecule has 0 bridgehead atoms. The smallest absolute Gasteiger partial charge is 0.778 e. The van der Waals surface area contributed by atoms with Gasteiger partial charge in [0.1, 0.15) is 5.82 Å². The van der Waals surface area contributed by atoms with Crippen molar-refractivity contribution in [3.05, 3.63) is 72.7 Å². The van der Waals surface area contributed by atoms with Crippen LogP contribution < -0.4 is 62.0 Å². The van der Waals surface area contributed by atoms with E-state index in [1.54, 1.807) is 12.1 Å². The number of rotatable bonds is 4. The van der Waals surface area contributed by atoms with Crippen molar-refractivity contribution in [2.75, 3.05) is 11.9 Å². The molecule has 4 rings (SSSR count). The second kappa shape index (κ2) is 13.6. The number of aromatic carboxylic acids is 1. The van der Waals surface area contributed by atoms with Crippen LogP contribution in [0.15, 0.2) is 53.6 Å². The van der Waals surface area contributed by atoms with Gasteiger partial charge in [0.15, 0.2) is 0 Å². The summed E-state index contributed by atoms with van der Waals surface area (Å²) in [5.74, 6) is -1.04. The summed E-state index contributed by atoms with van der Waals surface area (Å²) >= 11 is 5.37. The van der Waals surface area contributed by atoms with E-state index in [0.29, 0.717) is 22.7 Å². The third-order valence-electron chi connectivity index (χ3n) is 5.86. The summed E-state index contributed by atoms with van der Waals surface area (Å²) in [6.45, 7) is 2.98. The van der Waals surface area contributed by atoms with Crippen LogP contribution in [0, 0.1) is 18.8 Å². The van der Waals surface area contributed by atoms with Crippen molar-refractivity contribution in [3.63, 3.8) is 0 Å². The maximum Gasteiger partial charge on any atom is 1.00 e. The van der Waals surface area contributed by atoms with Gasteiger partial charge in [-0.3, -0.25) is 7.05 Å². The van der Waals surface area contributed by atoms with Crippen LogP contribution in [0.1, 0.15) is 54.9 Å². The van der Waals surface area contributed by atoms with Gasteiger partial charge < -0.3 is 28.4 Å². The van der Waals surface area contributed by atoms with E-state index in [2.05, 4.69) is 24.6 Å². The molecule has 2 aromatic carbocycles. The average Bonchev–Trinajstić information content (AvgIpc) is 2.80. The molecule has 0 amide bonds. The van der Waals surface area contributed by atoms with Crippen LogP contribution in [0.5, 0.6) is 0 Å². The predicted molar refractivity (Wildman–Crippen MR) is 131 cm³/mol. The van der Waals surface area contributed by atoms with Crippen molar-refractivity contribution in [2.24, 2.45) is 5.92 Å². The van der Waals surface area contributed by atoms with Crippen molar-refractivity contribution in [1.29, 1.82) is 0 Å². The molecular formula is C26H29FKN2O2S-.